The van der Waals surface area contributed by atoms with Crippen LogP contribution >= 0.6 is 11.6 Å². The average Bonchev–Trinajstić information content (AvgIpc) is 2.18. The Labute approximate surface area is 100 Å². The zero-order chi connectivity index (χ0) is 11.9. The highest BCUT2D eigenvalue weighted by molar-refractivity contribution is 6.30. The molecule has 0 saturated carbocycles. The van der Waals surface area contributed by atoms with Crippen LogP contribution in [0.25, 0.3) is 0 Å². The minimum atomic E-state index is -0.712. The van der Waals surface area contributed by atoms with Gasteiger partial charge in [-0.25, -0.2) is 0 Å². The maximum Gasteiger partial charge on any atom is 0.307 e. The molecule has 1 aliphatic rings. The lowest BCUT2D eigenvalue weighted by Crippen LogP contribution is -2.39. The first-order chi connectivity index (χ1) is 7.43. The number of benzene rings is 1. The predicted molar refractivity (Wildman–Crippen MR) is 63.9 cm³/mol. The van der Waals surface area contributed by atoms with E-state index in [1.165, 1.54) is 5.56 Å². The van der Waals surface area contributed by atoms with Crippen molar-refractivity contribution in [2.75, 3.05) is 0 Å². The molecule has 86 valence electrons. The largest absolute Gasteiger partial charge is 0.481 e. The molecule has 0 radical (unpaired) electrons. The van der Waals surface area contributed by atoms with Crippen LogP contribution in [0.1, 0.15) is 31.4 Å². The minimum Gasteiger partial charge on any atom is -0.481 e. The number of fused-ring (bicyclic) bond motifs is 1. The quantitative estimate of drug-likeness (QED) is 0.816. The third-order valence-corrected chi connectivity index (χ3v) is 3.87. The third kappa shape index (κ3) is 1.71. The van der Waals surface area contributed by atoms with Crippen LogP contribution in [0.4, 0.5) is 0 Å². The minimum absolute atomic E-state index is 0.321. The maximum atomic E-state index is 11.2. The normalized spacial score (nSPS) is 22.6. The van der Waals surface area contributed by atoms with Gasteiger partial charge in [-0.3, -0.25) is 4.79 Å². The summed E-state index contributed by atoms with van der Waals surface area (Å²) in [5.74, 6) is -1.03. The van der Waals surface area contributed by atoms with Gasteiger partial charge in [-0.2, -0.15) is 0 Å². The van der Waals surface area contributed by atoms with Crippen molar-refractivity contribution in [1.82, 2.24) is 0 Å². The first-order valence-electron chi connectivity index (χ1n) is 5.44. The SMILES string of the molecule is CC1(C)c2cc(Cl)ccc2CCC1C(=O)O. The van der Waals surface area contributed by atoms with Gasteiger partial charge in [0.2, 0.25) is 0 Å². The van der Waals surface area contributed by atoms with Gasteiger partial charge in [0, 0.05) is 10.4 Å². The lowest BCUT2D eigenvalue weighted by atomic mass is 9.65. The van der Waals surface area contributed by atoms with Crippen LogP contribution in [-0.4, -0.2) is 11.1 Å². The van der Waals surface area contributed by atoms with Crippen molar-refractivity contribution >= 4 is 17.6 Å². The number of carboxylic acids is 1. The average molecular weight is 239 g/mol. The fourth-order valence-electron chi connectivity index (χ4n) is 2.65. The summed E-state index contributed by atoms with van der Waals surface area (Å²) in [4.78, 5) is 11.2. The van der Waals surface area contributed by atoms with Gasteiger partial charge in [0.05, 0.1) is 5.92 Å². The predicted octanol–water partition coefficient (Wildman–Crippen LogP) is 3.26. The number of carboxylic acid groups (broad SMARTS) is 1. The standard InChI is InChI=1S/C13H15ClO2/c1-13(2)10(12(15)16)6-4-8-3-5-9(14)7-11(8)13/h3,5,7,10H,4,6H2,1-2H3,(H,15,16). The molecule has 1 atom stereocenters. The molecule has 3 heteroatoms. The van der Waals surface area contributed by atoms with Crippen molar-refractivity contribution in [3.8, 4) is 0 Å². The molecule has 0 spiro atoms. The van der Waals surface area contributed by atoms with Crippen LogP contribution < -0.4 is 0 Å². The summed E-state index contributed by atoms with van der Waals surface area (Å²) in [6.45, 7) is 3.97. The van der Waals surface area contributed by atoms with Gasteiger partial charge < -0.3 is 5.11 Å². The molecule has 1 unspecified atom stereocenters. The third-order valence-electron chi connectivity index (χ3n) is 3.64. The molecule has 0 fully saturated rings. The van der Waals surface area contributed by atoms with E-state index in [-0.39, 0.29) is 11.3 Å². The van der Waals surface area contributed by atoms with Gasteiger partial charge in [-0.05, 0) is 36.1 Å². The fraction of sp³-hybridized carbons (Fsp3) is 0.462. The molecular weight excluding hydrogens is 224 g/mol. The van der Waals surface area contributed by atoms with Crippen LogP contribution in [0.2, 0.25) is 5.02 Å². The molecule has 0 bridgehead atoms. The van der Waals surface area contributed by atoms with E-state index >= 15 is 0 Å². The fourth-order valence-corrected chi connectivity index (χ4v) is 2.82. The Morgan fingerprint density at radius 1 is 1.50 bits per heavy atom. The Kier molecular flexibility index (Phi) is 2.70. The molecule has 1 aliphatic carbocycles. The van der Waals surface area contributed by atoms with Gasteiger partial charge in [0.25, 0.3) is 0 Å². The van der Waals surface area contributed by atoms with Gasteiger partial charge >= 0.3 is 5.97 Å². The first kappa shape index (κ1) is 11.5. The van der Waals surface area contributed by atoms with Crippen LogP contribution in [0.15, 0.2) is 18.2 Å². The van der Waals surface area contributed by atoms with Crippen LogP contribution in [0, 0.1) is 5.92 Å². The second-order valence-corrected chi connectivity index (χ2v) is 5.39. The summed E-state index contributed by atoms with van der Waals surface area (Å²) in [7, 11) is 0. The molecule has 16 heavy (non-hydrogen) atoms. The van der Waals surface area contributed by atoms with Crippen molar-refractivity contribution in [3.63, 3.8) is 0 Å². The smallest absolute Gasteiger partial charge is 0.307 e. The van der Waals surface area contributed by atoms with Crippen LogP contribution in [0.3, 0.4) is 0 Å². The molecule has 1 N–H and O–H groups in total. The Balaban J connectivity index is 2.53. The van der Waals surface area contributed by atoms with E-state index in [0.717, 1.165) is 12.0 Å². The number of aliphatic carboxylic acids is 1. The number of hydrogen-bond acceptors (Lipinski definition) is 1. The Hall–Kier alpha value is -1.02. The summed E-state index contributed by atoms with van der Waals surface area (Å²) in [5.41, 5.74) is 1.97. The molecule has 0 aromatic heterocycles. The van der Waals surface area contributed by atoms with E-state index in [0.29, 0.717) is 11.4 Å². The maximum absolute atomic E-state index is 11.2. The monoisotopic (exact) mass is 238 g/mol. The van der Waals surface area contributed by atoms with Gasteiger partial charge in [-0.15, -0.1) is 0 Å². The number of hydrogen-bond donors (Lipinski definition) is 1. The van der Waals surface area contributed by atoms with Crippen molar-refractivity contribution < 1.29 is 9.90 Å². The Bertz CT molecular complexity index is 438. The second kappa shape index (κ2) is 3.77. The van der Waals surface area contributed by atoms with E-state index in [2.05, 4.69) is 0 Å². The zero-order valence-electron chi connectivity index (χ0n) is 9.46. The highest BCUT2D eigenvalue weighted by Gasteiger charge is 2.40. The molecule has 1 aromatic rings. The van der Waals surface area contributed by atoms with E-state index in [1.54, 1.807) is 0 Å². The number of aryl methyl sites for hydroxylation is 1. The van der Waals surface area contributed by atoms with Crippen molar-refractivity contribution in [2.24, 2.45) is 5.92 Å². The van der Waals surface area contributed by atoms with Gasteiger partial charge in [-0.1, -0.05) is 31.5 Å². The molecule has 2 rings (SSSR count). The summed E-state index contributed by atoms with van der Waals surface area (Å²) in [6, 6.07) is 5.79. The van der Waals surface area contributed by atoms with Crippen molar-refractivity contribution in [3.05, 3.63) is 34.3 Å². The number of rotatable bonds is 1. The van der Waals surface area contributed by atoms with Crippen molar-refractivity contribution in [2.45, 2.75) is 32.1 Å². The zero-order valence-corrected chi connectivity index (χ0v) is 10.2. The summed E-state index contributed by atoms with van der Waals surface area (Å²) in [5, 5.41) is 9.91. The van der Waals surface area contributed by atoms with Crippen LogP contribution in [-0.2, 0) is 16.6 Å². The first-order valence-corrected chi connectivity index (χ1v) is 5.82. The highest BCUT2D eigenvalue weighted by Crippen LogP contribution is 2.42. The molecule has 1 aromatic carbocycles. The second-order valence-electron chi connectivity index (χ2n) is 4.95. The lowest BCUT2D eigenvalue weighted by molar-refractivity contribution is -0.144. The number of halogens is 1. The Morgan fingerprint density at radius 3 is 2.81 bits per heavy atom. The molecule has 0 heterocycles. The summed E-state index contributed by atoms with van der Waals surface area (Å²) < 4.78 is 0. The number of carbonyl (C=O) groups is 1. The summed E-state index contributed by atoms with van der Waals surface area (Å²) >= 11 is 5.98. The molecular formula is C13H15ClO2. The van der Waals surface area contributed by atoms with Gasteiger partial charge in [0.15, 0.2) is 0 Å². The molecule has 0 aliphatic heterocycles. The molecule has 0 saturated heterocycles. The lowest BCUT2D eigenvalue weighted by Gasteiger charge is -2.38. The van der Waals surface area contributed by atoms with Gasteiger partial charge in [0.1, 0.15) is 0 Å². The topological polar surface area (TPSA) is 37.3 Å². The molecule has 2 nitrogen and oxygen atoms in total. The van der Waals surface area contributed by atoms with E-state index in [1.807, 2.05) is 32.0 Å². The Morgan fingerprint density at radius 2 is 2.19 bits per heavy atom. The van der Waals surface area contributed by atoms with E-state index < -0.39 is 5.97 Å². The summed E-state index contributed by atoms with van der Waals surface area (Å²) in [6.07, 6.45) is 1.53. The van der Waals surface area contributed by atoms with E-state index in [9.17, 15) is 9.90 Å². The van der Waals surface area contributed by atoms with E-state index in [4.69, 9.17) is 11.6 Å². The van der Waals surface area contributed by atoms with Crippen LogP contribution in [0.5, 0.6) is 0 Å². The van der Waals surface area contributed by atoms with Crippen molar-refractivity contribution in [1.29, 1.82) is 0 Å². The molecule has 0 amide bonds. The highest BCUT2D eigenvalue weighted by atomic mass is 35.5.